The van der Waals surface area contributed by atoms with Crippen LogP contribution in [0.1, 0.15) is 48.0 Å². The summed E-state index contributed by atoms with van der Waals surface area (Å²) in [5.74, 6) is 0.164. The minimum Gasteiger partial charge on any atom is -0.337 e. The first-order chi connectivity index (χ1) is 20.0. The Morgan fingerprint density at radius 3 is 2.05 bits per heavy atom. The molecule has 1 heterocycles. The molecule has 0 radical (unpaired) electrons. The first kappa shape index (κ1) is 32.0. The fourth-order valence-electron chi connectivity index (χ4n) is 5.75. The second-order valence-electron chi connectivity index (χ2n) is 11.2. The molecule has 1 aliphatic heterocycles. The predicted molar refractivity (Wildman–Crippen MR) is 160 cm³/mol. The molecule has 7 nitrogen and oxygen atoms in total. The van der Waals surface area contributed by atoms with E-state index in [1.54, 1.807) is 53.1 Å². The van der Waals surface area contributed by atoms with Crippen molar-refractivity contribution in [2.24, 2.45) is 0 Å². The van der Waals surface area contributed by atoms with Crippen molar-refractivity contribution in [1.29, 1.82) is 0 Å². The zero-order valence-corrected chi connectivity index (χ0v) is 25.7. The van der Waals surface area contributed by atoms with Gasteiger partial charge in [-0.05, 0) is 54.7 Å². The smallest absolute Gasteiger partial charge is 0.337 e. The number of alkyl halides is 4. The van der Waals surface area contributed by atoms with Gasteiger partial charge in [-0.2, -0.15) is 13.2 Å². The molecule has 0 aromatic heterocycles. The number of likely N-dealkylation sites (tertiary alicyclic amines) is 1. The molecule has 2 aromatic carbocycles. The average Bonchev–Trinajstić information content (AvgIpc) is 3.48. The third kappa shape index (κ3) is 7.92. The van der Waals surface area contributed by atoms with Crippen LogP contribution in [0.2, 0.25) is 0 Å². The number of hydrogen-bond donors (Lipinski definition) is 0. The normalized spacial score (nSPS) is 18.0. The van der Waals surface area contributed by atoms with Crippen molar-refractivity contribution in [3.63, 3.8) is 0 Å². The zero-order valence-electron chi connectivity index (χ0n) is 24.1. The van der Waals surface area contributed by atoms with E-state index >= 15 is 0 Å². The number of benzene rings is 2. The van der Waals surface area contributed by atoms with E-state index in [-0.39, 0.29) is 18.0 Å². The fraction of sp³-hybridized carbons (Fsp3) is 0.516. The third-order valence-electron chi connectivity index (χ3n) is 8.43. The van der Waals surface area contributed by atoms with Gasteiger partial charge in [0.05, 0.1) is 11.6 Å². The molecular weight excluding hydrogens is 613 g/mol. The zero-order chi connectivity index (χ0) is 30.4. The molecule has 2 aromatic rings. The predicted octanol–water partition coefficient (Wildman–Crippen LogP) is 5.78. The molecule has 1 aliphatic carbocycles. The third-order valence-corrected chi connectivity index (χ3v) is 8.78. The number of amides is 3. The molecule has 11 heteroatoms. The molecule has 0 spiro atoms. The maximum atomic E-state index is 13.2. The van der Waals surface area contributed by atoms with Crippen LogP contribution in [-0.4, -0.2) is 102 Å². The topological polar surface area (TPSA) is 64.2 Å². The molecule has 3 amide bonds. The minimum absolute atomic E-state index is 0.0585. The van der Waals surface area contributed by atoms with E-state index in [1.807, 2.05) is 0 Å². The molecule has 0 N–H and O–H groups in total. The Balaban J connectivity index is 1.28. The number of halogens is 4. The second kappa shape index (κ2) is 14.0. The fourth-order valence-corrected chi connectivity index (χ4v) is 6.20. The molecule has 1 saturated heterocycles. The van der Waals surface area contributed by atoms with Gasteiger partial charge in [-0.25, -0.2) is 4.79 Å². The van der Waals surface area contributed by atoms with Crippen LogP contribution in [0.25, 0.3) is 11.1 Å². The van der Waals surface area contributed by atoms with Crippen LogP contribution < -0.4 is 0 Å². The van der Waals surface area contributed by atoms with E-state index in [0.717, 1.165) is 49.0 Å². The summed E-state index contributed by atoms with van der Waals surface area (Å²) in [6.07, 6.45) is -0.713. The number of ketones is 1. The largest absolute Gasteiger partial charge is 0.416 e. The summed E-state index contributed by atoms with van der Waals surface area (Å²) in [5, 5.41) is 0.834. The number of rotatable bonds is 9. The van der Waals surface area contributed by atoms with Gasteiger partial charge in [0.2, 0.25) is 0 Å². The molecule has 4 rings (SSSR count). The lowest BCUT2D eigenvalue weighted by atomic mass is 9.93. The standard InChI is InChI=1S/C31H38BrF3N4O3/c1-36(19-20-38(18-16-32)26-11-13-28(40)14-12-26)30(42)39-17-15-27(21-39)37(2)29(41)24-5-3-22(4-6-24)23-7-9-25(10-8-23)31(33,34)35/h3-10,26-27H,11-21H2,1-2H3/t27-/m0/s1. The average molecular weight is 652 g/mol. The van der Waals surface area contributed by atoms with Crippen molar-refractivity contribution in [1.82, 2.24) is 19.6 Å². The summed E-state index contributed by atoms with van der Waals surface area (Å²) in [6.45, 7) is 3.20. The lowest BCUT2D eigenvalue weighted by Crippen LogP contribution is -2.47. The number of carbonyl (C=O) groups is 3. The van der Waals surface area contributed by atoms with E-state index in [2.05, 4.69) is 20.8 Å². The molecule has 228 valence electrons. The monoisotopic (exact) mass is 650 g/mol. The molecule has 0 bridgehead atoms. The maximum absolute atomic E-state index is 13.2. The Bertz CT molecular complexity index is 1230. The number of urea groups is 1. The summed E-state index contributed by atoms with van der Waals surface area (Å²) in [6, 6.07) is 11.9. The molecule has 1 atom stereocenters. The highest BCUT2D eigenvalue weighted by atomic mass is 79.9. The van der Waals surface area contributed by atoms with Crippen molar-refractivity contribution in [3.05, 3.63) is 59.7 Å². The Morgan fingerprint density at radius 1 is 0.881 bits per heavy atom. The quantitative estimate of drug-likeness (QED) is 0.323. The first-order valence-electron chi connectivity index (χ1n) is 14.3. The van der Waals surface area contributed by atoms with Crippen LogP contribution in [0, 0.1) is 0 Å². The lowest BCUT2D eigenvalue weighted by Gasteiger charge is -2.35. The number of likely N-dealkylation sites (N-methyl/N-ethyl adjacent to an activating group) is 2. The van der Waals surface area contributed by atoms with Crippen molar-refractivity contribution < 1.29 is 27.6 Å². The van der Waals surface area contributed by atoms with E-state index in [1.165, 1.54) is 12.1 Å². The molecule has 2 fully saturated rings. The SMILES string of the molecule is CN(CCN(CCBr)C1CCC(=O)CC1)C(=O)N1CC[C@H](N(C)C(=O)c2ccc(-c3ccc(C(F)(F)F)cc3)cc2)C1. The molecule has 2 aliphatic rings. The van der Waals surface area contributed by atoms with Gasteiger partial charge >= 0.3 is 12.2 Å². The molecular formula is C31H38BrF3N4O3. The van der Waals surface area contributed by atoms with Crippen LogP contribution in [-0.2, 0) is 11.0 Å². The van der Waals surface area contributed by atoms with Crippen LogP contribution in [0.3, 0.4) is 0 Å². The number of carbonyl (C=O) groups excluding carboxylic acids is 3. The summed E-state index contributed by atoms with van der Waals surface area (Å²) in [4.78, 5) is 45.6. The van der Waals surface area contributed by atoms with Gasteiger partial charge in [0.1, 0.15) is 5.78 Å². The minimum atomic E-state index is -4.39. The summed E-state index contributed by atoms with van der Waals surface area (Å²) >= 11 is 3.53. The van der Waals surface area contributed by atoms with Gasteiger partial charge in [0.25, 0.3) is 5.91 Å². The highest BCUT2D eigenvalue weighted by molar-refractivity contribution is 9.09. The van der Waals surface area contributed by atoms with Gasteiger partial charge in [0, 0.05) is 76.6 Å². The molecule has 1 saturated carbocycles. The molecule has 0 unspecified atom stereocenters. The van der Waals surface area contributed by atoms with Gasteiger partial charge < -0.3 is 14.7 Å². The number of nitrogens with zero attached hydrogens (tertiary/aromatic N) is 4. The Kier molecular flexibility index (Phi) is 10.7. The Morgan fingerprint density at radius 2 is 1.48 bits per heavy atom. The highest BCUT2D eigenvalue weighted by Gasteiger charge is 2.33. The highest BCUT2D eigenvalue weighted by Crippen LogP contribution is 2.31. The van der Waals surface area contributed by atoms with E-state index in [0.29, 0.717) is 61.8 Å². The molecule has 42 heavy (non-hydrogen) atoms. The van der Waals surface area contributed by atoms with E-state index in [4.69, 9.17) is 0 Å². The van der Waals surface area contributed by atoms with E-state index in [9.17, 15) is 27.6 Å². The van der Waals surface area contributed by atoms with Crippen molar-refractivity contribution >= 4 is 33.7 Å². The number of hydrogen-bond acceptors (Lipinski definition) is 4. The summed E-state index contributed by atoms with van der Waals surface area (Å²) in [7, 11) is 3.54. The second-order valence-corrected chi connectivity index (χ2v) is 11.9. The number of Topliss-reactive ketones (excluding diaryl/α,β-unsaturated/α-hetero) is 1. The van der Waals surface area contributed by atoms with Crippen LogP contribution in [0.4, 0.5) is 18.0 Å². The van der Waals surface area contributed by atoms with Gasteiger partial charge in [-0.15, -0.1) is 0 Å². The first-order valence-corrected chi connectivity index (χ1v) is 15.5. The van der Waals surface area contributed by atoms with Crippen molar-refractivity contribution in [2.45, 2.75) is 50.4 Å². The maximum Gasteiger partial charge on any atom is 0.416 e. The van der Waals surface area contributed by atoms with Crippen LogP contribution >= 0.6 is 15.9 Å². The Hall–Kier alpha value is -2.92. The lowest BCUT2D eigenvalue weighted by molar-refractivity contribution is -0.137. The van der Waals surface area contributed by atoms with Gasteiger partial charge in [-0.1, -0.05) is 40.2 Å². The van der Waals surface area contributed by atoms with Crippen molar-refractivity contribution in [3.8, 4) is 11.1 Å². The van der Waals surface area contributed by atoms with Gasteiger partial charge in [0.15, 0.2) is 0 Å². The van der Waals surface area contributed by atoms with Crippen LogP contribution in [0.15, 0.2) is 48.5 Å². The van der Waals surface area contributed by atoms with E-state index < -0.39 is 11.7 Å². The van der Waals surface area contributed by atoms with Gasteiger partial charge in [-0.3, -0.25) is 14.5 Å². The summed E-state index contributed by atoms with van der Waals surface area (Å²) < 4.78 is 38.6. The Labute approximate surface area is 253 Å². The van der Waals surface area contributed by atoms with Crippen molar-refractivity contribution in [2.75, 3.05) is 52.1 Å². The van der Waals surface area contributed by atoms with Crippen LogP contribution in [0.5, 0.6) is 0 Å². The summed E-state index contributed by atoms with van der Waals surface area (Å²) in [5.41, 5.74) is 1.12.